The van der Waals surface area contributed by atoms with Crippen LogP contribution in [0.4, 0.5) is 0 Å². The molecule has 1 aliphatic heterocycles. The zero-order valence-electron chi connectivity index (χ0n) is 17.7. The van der Waals surface area contributed by atoms with Gasteiger partial charge < -0.3 is 9.73 Å². The van der Waals surface area contributed by atoms with Crippen molar-refractivity contribution < 1.29 is 14.0 Å². The lowest BCUT2D eigenvalue weighted by Gasteiger charge is -2.40. The summed E-state index contributed by atoms with van der Waals surface area (Å²) in [5.41, 5.74) is 1.68. The molecule has 1 amide bonds. The Labute approximate surface area is 182 Å². The molecule has 1 aromatic carbocycles. The summed E-state index contributed by atoms with van der Waals surface area (Å²) in [6.45, 7) is 4.36. The first-order chi connectivity index (χ1) is 15.1. The monoisotopic (exact) mass is 417 g/mol. The molecule has 3 aromatic rings. The number of ketones is 1. The molecule has 1 fully saturated rings. The Kier molecular flexibility index (Phi) is 6.28. The van der Waals surface area contributed by atoms with E-state index in [4.69, 9.17) is 4.42 Å². The summed E-state index contributed by atoms with van der Waals surface area (Å²) in [5.74, 6) is 1.05. The van der Waals surface area contributed by atoms with Crippen molar-refractivity contribution in [3.05, 3.63) is 89.6 Å². The second-order valence-electron chi connectivity index (χ2n) is 8.08. The molecule has 0 saturated carbocycles. The predicted octanol–water partition coefficient (Wildman–Crippen LogP) is 3.73. The minimum absolute atomic E-state index is 0.226. The molecule has 6 heteroatoms. The van der Waals surface area contributed by atoms with E-state index in [2.05, 4.69) is 27.3 Å². The number of hydrogen-bond acceptors (Lipinski definition) is 5. The quantitative estimate of drug-likeness (QED) is 0.634. The highest BCUT2D eigenvalue weighted by Crippen LogP contribution is 2.36. The number of rotatable bonds is 7. The van der Waals surface area contributed by atoms with E-state index in [-0.39, 0.29) is 11.7 Å². The van der Waals surface area contributed by atoms with E-state index in [0.717, 1.165) is 42.8 Å². The van der Waals surface area contributed by atoms with E-state index in [1.807, 2.05) is 36.4 Å². The maximum atomic E-state index is 12.5. The minimum Gasteiger partial charge on any atom is -0.455 e. The van der Waals surface area contributed by atoms with Gasteiger partial charge in [-0.3, -0.25) is 19.5 Å². The van der Waals surface area contributed by atoms with Gasteiger partial charge in [-0.05, 0) is 68.2 Å². The van der Waals surface area contributed by atoms with Crippen molar-refractivity contribution in [2.75, 3.05) is 13.1 Å². The van der Waals surface area contributed by atoms with Crippen LogP contribution >= 0.6 is 0 Å². The van der Waals surface area contributed by atoms with E-state index in [0.29, 0.717) is 18.8 Å². The molecule has 0 radical (unpaired) electrons. The number of likely N-dealkylation sites (tertiary alicyclic amines) is 1. The lowest BCUT2D eigenvalue weighted by Crippen LogP contribution is -2.46. The zero-order chi connectivity index (χ0) is 21.7. The van der Waals surface area contributed by atoms with Crippen molar-refractivity contribution in [2.24, 2.45) is 0 Å². The molecular weight excluding hydrogens is 390 g/mol. The van der Waals surface area contributed by atoms with Crippen LogP contribution in [0.3, 0.4) is 0 Å². The Bertz CT molecular complexity index is 1020. The molecule has 0 unspecified atom stereocenters. The highest BCUT2D eigenvalue weighted by molar-refractivity contribution is 5.91. The predicted molar refractivity (Wildman–Crippen MR) is 117 cm³/mol. The lowest BCUT2D eigenvalue weighted by molar-refractivity contribution is -0.124. The molecule has 1 saturated heterocycles. The number of benzene rings is 1. The number of pyridine rings is 1. The number of nitrogens with zero attached hydrogens (tertiary/aromatic N) is 2. The van der Waals surface area contributed by atoms with Crippen LogP contribution in [0.25, 0.3) is 0 Å². The van der Waals surface area contributed by atoms with E-state index in [1.165, 1.54) is 0 Å². The molecule has 160 valence electrons. The largest absolute Gasteiger partial charge is 0.455 e. The topological polar surface area (TPSA) is 75.4 Å². The van der Waals surface area contributed by atoms with Gasteiger partial charge in [-0.15, -0.1) is 0 Å². The maximum Gasteiger partial charge on any atom is 0.287 e. The Balaban J connectivity index is 1.33. The average molecular weight is 418 g/mol. The number of carbonyl (C=O) groups is 2. The second kappa shape index (κ2) is 9.27. The Morgan fingerprint density at radius 2 is 1.74 bits per heavy atom. The third-order valence-electron chi connectivity index (χ3n) is 6.18. The zero-order valence-corrected chi connectivity index (χ0v) is 17.7. The van der Waals surface area contributed by atoms with E-state index in [9.17, 15) is 9.59 Å². The molecule has 0 bridgehead atoms. The summed E-state index contributed by atoms with van der Waals surface area (Å²) >= 11 is 0. The third kappa shape index (κ3) is 4.75. The molecule has 1 aliphatic rings. The van der Waals surface area contributed by atoms with Crippen molar-refractivity contribution in [2.45, 2.75) is 38.3 Å². The minimum atomic E-state index is -0.404. The normalized spacial score (nSPS) is 16.0. The number of aromatic nitrogens is 1. The Hall–Kier alpha value is -3.25. The fourth-order valence-corrected chi connectivity index (χ4v) is 4.27. The first kappa shape index (κ1) is 21.0. The molecule has 1 N–H and O–H groups in total. The number of hydrogen-bond donors (Lipinski definition) is 1. The lowest BCUT2D eigenvalue weighted by atomic mass is 9.70. The molecule has 0 atom stereocenters. The molecule has 4 rings (SSSR count). The van der Waals surface area contributed by atoms with Crippen LogP contribution in [0.5, 0.6) is 0 Å². The number of Topliss-reactive ketones (excluding diaryl/α,β-unsaturated/α-hetero) is 1. The van der Waals surface area contributed by atoms with Gasteiger partial charge in [-0.25, -0.2) is 0 Å². The number of amides is 1. The third-order valence-corrected chi connectivity index (χ3v) is 6.18. The van der Waals surface area contributed by atoms with Crippen molar-refractivity contribution in [1.29, 1.82) is 0 Å². The Morgan fingerprint density at radius 3 is 2.42 bits per heavy atom. The SMILES string of the molecule is CC(=O)C1(c2ccccc2)CCN(Cc2ccc(C(=O)NCc3ccncc3)o2)CC1. The van der Waals surface area contributed by atoms with Crippen LogP contribution in [-0.2, 0) is 23.3 Å². The molecular formula is C25H27N3O3. The standard InChI is InChI=1S/C25H27N3O3/c1-19(29)25(21-5-3-2-4-6-21)11-15-28(16-12-25)18-22-7-8-23(31-22)24(30)27-17-20-9-13-26-14-10-20/h2-10,13-14H,11-12,15-18H2,1H3,(H,27,30). The van der Waals surface area contributed by atoms with Crippen LogP contribution in [0.1, 0.15) is 47.2 Å². The highest BCUT2D eigenvalue weighted by atomic mass is 16.4. The Morgan fingerprint density at radius 1 is 1.03 bits per heavy atom. The van der Waals surface area contributed by atoms with Crippen LogP contribution in [0.15, 0.2) is 71.4 Å². The van der Waals surface area contributed by atoms with Crippen LogP contribution < -0.4 is 5.32 Å². The van der Waals surface area contributed by atoms with Gasteiger partial charge in [0.25, 0.3) is 5.91 Å². The van der Waals surface area contributed by atoms with Crippen LogP contribution in [0.2, 0.25) is 0 Å². The molecule has 0 aliphatic carbocycles. The summed E-state index contributed by atoms with van der Waals surface area (Å²) < 4.78 is 5.79. The fraction of sp³-hybridized carbons (Fsp3) is 0.320. The van der Waals surface area contributed by atoms with Crippen LogP contribution in [0, 0.1) is 0 Å². The average Bonchev–Trinajstić information content (AvgIpc) is 3.28. The smallest absolute Gasteiger partial charge is 0.287 e. The van der Waals surface area contributed by atoms with Crippen molar-refractivity contribution in [3.8, 4) is 0 Å². The van der Waals surface area contributed by atoms with Crippen LogP contribution in [-0.4, -0.2) is 34.7 Å². The van der Waals surface area contributed by atoms with Gasteiger partial charge in [0.1, 0.15) is 11.5 Å². The van der Waals surface area contributed by atoms with Crippen molar-refractivity contribution in [3.63, 3.8) is 0 Å². The number of nitrogens with one attached hydrogen (secondary N) is 1. The molecule has 0 spiro atoms. The molecule has 3 heterocycles. The van der Waals surface area contributed by atoms with Crippen molar-refractivity contribution in [1.82, 2.24) is 15.2 Å². The summed E-state index contributed by atoms with van der Waals surface area (Å²) in [7, 11) is 0. The summed E-state index contributed by atoms with van der Waals surface area (Å²) in [5, 5.41) is 2.86. The van der Waals surface area contributed by atoms with E-state index >= 15 is 0 Å². The van der Waals surface area contributed by atoms with E-state index in [1.54, 1.807) is 25.4 Å². The van der Waals surface area contributed by atoms with Gasteiger partial charge in [-0.1, -0.05) is 30.3 Å². The number of furan rings is 1. The van der Waals surface area contributed by atoms with Crippen molar-refractivity contribution >= 4 is 11.7 Å². The van der Waals surface area contributed by atoms with Gasteiger partial charge in [0.2, 0.25) is 0 Å². The van der Waals surface area contributed by atoms with Gasteiger partial charge >= 0.3 is 0 Å². The number of carbonyl (C=O) groups excluding carboxylic acids is 2. The summed E-state index contributed by atoms with van der Waals surface area (Å²) in [6.07, 6.45) is 4.96. The van der Waals surface area contributed by atoms with Gasteiger partial charge in [0.05, 0.1) is 12.0 Å². The van der Waals surface area contributed by atoms with Gasteiger partial charge in [-0.2, -0.15) is 0 Å². The first-order valence-corrected chi connectivity index (χ1v) is 10.6. The summed E-state index contributed by atoms with van der Waals surface area (Å²) in [4.78, 5) is 31.2. The number of piperidine rings is 1. The first-order valence-electron chi connectivity index (χ1n) is 10.6. The highest BCUT2D eigenvalue weighted by Gasteiger charge is 2.40. The summed E-state index contributed by atoms with van der Waals surface area (Å²) in [6, 6.07) is 17.4. The molecule has 6 nitrogen and oxygen atoms in total. The molecule has 31 heavy (non-hydrogen) atoms. The maximum absolute atomic E-state index is 12.5. The van der Waals surface area contributed by atoms with Gasteiger partial charge in [0, 0.05) is 18.9 Å². The fourth-order valence-electron chi connectivity index (χ4n) is 4.27. The molecule has 2 aromatic heterocycles. The van der Waals surface area contributed by atoms with Gasteiger partial charge in [0.15, 0.2) is 5.76 Å². The van der Waals surface area contributed by atoms with E-state index < -0.39 is 5.41 Å². The second-order valence-corrected chi connectivity index (χ2v) is 8.08.